The number of ether oxygens (including phenoxy) is 1. The van der Waals surface area contributed by atoms with Gasteiger partial charge in [0.25, 0.3) is 5.91 Å². The zero-order chi connectivity index (χ0) is 19.6. The Morgan fingerprint density at radius 1 is 1.07 bits per heavy atom. The molecule has 0 aliphatic carbocycles. The Balaban J connectivity index is 1.38. The molecule has 2 aromatic carbocycles. The number of nitrogens with one attached hydrogen (secondary N) is 1. The van der Waals surface area contributed by atoms with E-state index >= 15 is 0 Å². The molecule has 2 saturated heterocycles. The van der Waals surface area contributed by atoms with E-state index in [-0.39, 0.29) is 5.91 Å². The maximum Gasteiger partial charge on any atom is 0.254 e. The highest BCUT2D eigenvalue weighted by molar-refractivity contribution is 6.06. The SMILES string of the molecule is O=C(c1cccc2[nH]ccc12)N1CC[C@@H]2COCCN(Cc3ccccc3)[C@@H]2C1. The van der Waals surface area contributed by atoms with E-state index in [2.05, 4.69) is 40.2 Å². The van der Waals surface area contributed by atoms with Crippen molar-refractivity contribution < 1.29 is 9.53 Å². The summed E-state index contributed by atoms with van der Waals surface area (Å²) in [5.41, 5.74) is 3.12. The first kappa shape index (κ1) is 18.4. The quantitative estimate of drug-likeness (QED) is 0.746. The summed E-state index contributed by atoms with van der Waals surface area (Å²) in [7, 11) is 0. The molecule has 2 atom stereocenters. The van der Waals surface area contributed by atoms with Gasteiger partial charge in [0, 0.05) is 60.8 Å². The van der Waals surface area contributed by atoms with E-state index in [0.717, 1.165) is 62.3 Å². The minimum atomic E-state index is 0.137. The number of carbonyl (C=O) groups is 1. The van der Waals surface area contributed by atoms with Gasteiger partial charge in [0.15, 0.2) is 0 Å². The van der Waals surface area contributed by atoms with Crippen LogP contribution < -0.4 is 0 Å². The first-order valence-electron chi connectivity index (χ1n) is 10.5. The zero-order valence-electron chi connectivity index (χ0n) is 16.6. The van der Waals surface area contributed by atoms with Gasteiger partial charge in [0.05, 0.1) is 13.2 Å². The van der Waals surface area contributed by atoms with Gasteiger partial charge in [-0.3, -0.25) is 9.69 Å². The van der Waals surface area contributed by atoms with Gasteiger partial charge in [-0.25, -0.2) is 0 Å². The largest absolute Gasteiger partial charge is 0.380 e. The number of rotatable bonds is 3. The van der Waals surface area contributed by atoms with Crippen LogP contribution in [-0.4, -0.2) is 59.6 Å². The number of carbonyl (C=O) groups excluding carboxylic acids is 1. The molecule has 5 rings (SSSR count). The van der Waals surface area contributed by atoms with Gasteiger partial charge in [0.1, 0.15) is 0 Å². The number of fused-ring (bicyclic) bond motifs is 2. The Kier molecular flexibility index (Phi) is 5.08. The van der Waals surface area contributed by atoms with Crippen LogP contribution in [0.5, 0.6) is 0 Å². The van der Waals surface area contributed by atoms with Crippen LogP contribution in [0.3, 0.4) is 0 Å². The molecule has 0 unspecified atom stereocenters. The third kappa shape index (κ3) is 3.68. The van der Waals surface area contributed by atoms with Crippen molar-refractivity contribution in [1.29, 1.82) is 0 Å². The topological polar surface area (TPSA) is 48.6 Å². The molecule has 0 bridgehead atoms. The first-order chi connectivity index (χ1) is 14.3. The molecule has 1 aromatic heterocycles. The highest BCUT2D eigenvalue weighted by atomic mass is 16.5. The van der Waals surface area contributed by atoms with Gasteiger partial charge in [-0.15, -0.1) is 0 Å². The first-order valence-corrected chi connectivity index (χ1v) is 10.5. The van der Waals surface area contributed by atoms with Crippen molar-refractivity contribution in [2.24, 2.45) is 5.92 Å². The molecule has 29 heavy (non-hydrogen) atoms. The van der Waals surface area contributed by atoms with E-state index in [9.17, 15) is 4.79 Å². The summed E-state index contributed by atoms with van der Waals surface area (Å²) in [5.74, 6) is 0.617. The summed E-state index contributed by atoms with van der Waals surface area (Å²) < 4.78 is 5.91. The summed E-state index contributed by atoms with van der Waals surface area (Å²) in [6, 6.07) is 18.9. The Labute approximate surface area is 171 Å². The second-order valence-corrected chi connectivity index (χ2v) is 8.14. The molecule has 150 valence electrons. The minimum absolute atomic E-state index is 0.137. The molecule has 0 spiro atoms. The smallest absolute Gasteiger partial charge is 0.254 e. The summed E-state index contributed by atoms with van der Waals surface area (Å²) >= 11 is 0. The average molecular weight is 389 g/mol. The highest BCUT2D eigenvalue weighted by Crippen LogP contribution is 2.28. The van der Waals surface area contributed by atoms with Crippen LogP contribution >= 0.6 is 0 Å². The fourth-order valence-electron chi connectivity index (χ4n) is 4.81. The number of aromatic amines is 1. The molecule has 2 aliphatic heterocycles. The molecule has 1 amide bonds. The molecule has 0 radical (unpaired) electrons. The Hall–Kier alpha value is -2.63. The Morgan fingerprint density at radius 3 is 2.86 bits per heavy atom. The van der Waals surface area contributed by atoms with Crippen LogP contribution in [0.15, 0.2) is 60.8 Å². The van der Waals surface area contributed by atoms with Crippen molar-refractivity contribution >= 4 is 16.8 Å². The van der Waals surface area contributed by atoms with Gasteiger partial charge in [-0.1, -0.05) is 36.4 Å². The standard InChI is InChI=1S/C24H27N3O2/c28-24(21-7-4-8-22-20(21)9-11-25-22)27-12-10-19-17-29-14-13-26(23(19)16-27)15-18-5-2-1-3-6-18/h1-9,11,19,23,25H,10,12-17H2/t19-,23-/m1/s1. The van der Waals surface area contributed by atoms with Gasteiger partial charge in [0.2, 0.25) is 0 Å². The molecule has 5 nitrogen and oxygen atoms in total. The highest BCUT2D eigenvalue weighted by Gasteiger charge is 2.37. The molecule has 3 aromatic rings. The summed E-state index contributed by atoms with van der Waals surface area (Å²) in [6.45, 7) is 4.93. The number of H-pyrrole nitrogens is 1. The Morgan fingerprint density at radius 2 is 1.97 bits per heavy atom. The molecule has 5 heteroatoms. The molecule has 1 N–H and O–H groups in total. The lowest BCUT2D eigenvalue weighted by atomic mass is 9.90. The number of amides is 1. The van der Waals surface area contributed by atoms with Gasteiger partial charge in [-0.2, -0.15) is 0 Å². The maximum absolute atomic E-state index is 13.4. The van der Waals surface area contributed by atoms with Crippen molar-refractivity contribution in [1.82, 2.24) is 14.8 Å². The average Bonchev–Trinajstić information content (AvgIpc) is 3.16. The number of piperidine rings is 1. The number of hydrogen-bond acceptors (Lipinski definition) is 3. The van der Waals surface area contributed by atoms with E-state index < -0.39 is 0 Å². The minimum Gasteiger partial charge on any atom is -0.380 e. The lowest BCUT2D eigenvalue weighted by Gasteiger charge is -2.42. The molecule has 0 saturated carbocycles. The van der Waals surface area contributed by atoms with Crippen LogP contribution in [0, 0.1) is 5.92 Å². The number of likely N-dealkylation sites (tertiary alicyclic amines) is 1. The van der Waals surface area contributed by atoms with Crippen molar-refractivity contribution in [2.45, 2.75) is 19.0 Å². The van der Waals surface area contributed by atoms with E-state index in [1.165, 1.54) is 5.56 Å². The molecular weight excluding hydrogens is 362 g/mol. The fourth-order valence-corrected chi connectivity index (χ4v) is 4.81. The second kappa shape index (κ2) is 8.01. The number of hydrogen-bond donors (Lipinski definition) is 1. The van der Waals surface area contributed by atoms with Gasteiger partial charge in [-0.05, 0) is 30.2 Å². The van der Waals surface area contributed by atoms with Crippen molar-refractivity contribution in [3.8, 4) is 0 Å². The summed E-state index contributed by atoms with van der Waals surface area (Å²) in [4.78, 5) is 21.2. The van der Waals surface area contributed by atoms with Crippen molar-refractivity contribution in [3.63, 3.8) is 0 Å². The summed E-state index contributed by atoms with van der Waals surface area (Å²) in [5, 5.41) is 1.00. The fraction of sp³-hybridized carbons (Fsp3) is 0.375. The Bertz CT molecular complexity index is 984. The van der Waals surface area contributed by atoms with Gasteiger partial charge < -0.3 is 14.6 Å². The third-order valence-corrected chi connectivity index (χ3v) is 6.39. The van der Waals surface area contributed by atoms with Crippen molar-refractivity contribution in [3.05, 3.63) is 71.9 Å². The third-order valence-electron chi connectivity index (χ3n) is 6.39. The van der Waals surface area contributed by atoms with Crippen LogP contribution in [0.4, 0.5) is 0 Å². The number of nitrogens with zero attached hydrogens (tertiary/aromatic N) is 2. The molecule has 2 aliphatic rings. The maximum atomic E-state index is 13.4. The lowest BCUT2D eigenvalue weighted by molar-refractivity contribution is 0.0372. The molecule has 3 heterocycles. The van der Waals surface area contributed by atoms with Crippen molar-refractivity contribution in [2.75, 3.05) is 32.8 Å². The number of benzene rings is 2. The molecular formula is C24H27N3O2. The van der Waals surface area contributed by atoms with Crippen LogP contribution in [-0.2, 0) is 11.3 Å². The van der Waals surface area contributed by atoms with Crippen LogP contribution in [0.1, 0.15) is 22.3 Å². The van der Waals surface area contributed by atoms with E-state index in [0.29, 0.717) is 12.0 Å². The lowest BCUT2D eigenvalue weighted by Crippen LogP contribution is -2.54. The monoisotopic (exact) mass is 389 g/mol. The van der Waals surface area contributed by atoms with Crippen LogP contribution in [0.25, 0.3) is 10.9 Å². The summed E-state index contributed by atoms with van der Waals surface area (Å²) in [6.07, 6.45) is 2.89. The molecule has 2 fully saturated rings. The normalized spacial score (nSPS) is 23.0. The van der Waals surface area contributed by atoms with E-state index in [1.54, 1.807) is 0 Å². The second-order valence-electron chi connectivity index (χ2n) is 8.14. The van der Waals surface area contributed by atoms with Gasteiger partial charge >= 0.3 is 0 Å². The predicted molar refractivity (Wildman–Crippen MR) is 114 cm³/mol. The zero-order valence-corrected chi connectivity index (χ0v) is 16.6. The van der Waals surface area contributed by atoms with E-state index in [1.807, 2.05) is 35.4 Å². The van der Waals surface area contributed by atoms with E-state index in [4.69, 9.17) is 4.74 Å². The number of aromatic nitrogens is 1. The van der Waals surface area contributed by atoms with Crippen LogP contribution in [0.2, 0.25) is 0 Å². The predicted octanol–water partition coefficient (Wildman–Crippen LogP) is 3.53.